The van der Waals surface area contributed by atoms with Crippen molar-refractivity contribution < 1.29 is 14.3 Å². The fraction of sp³-hybridized carbons (Fsp3) is 0.435. The van der Waals surface area contributed by atoms with Crippen LogP contribution in [0.1, 0.15) is 50.3 Å². The Kier molecular flexibility index (Phi) is 7.75. The summed E-state index contributed by atoms with van der Waals surface area (Å²) in [5, 5.41) is 12.5. The normalized spacial score (nSPS) is 14.0. The topological polar surface area (TPSA) is 104 Å². The van der Waals surface area contributed by atoms with Crippen molar-refractivity contribution in [2.75, 3.05) is 13.2 Å². The number of nitrogens with zero attached hydrogens (tertiary/aromatic N) is 1. The van der Waals surface area contributed by atoms with Crippen LogP contribution in [0.5, 0.6) is 11.5 Å². The van der Waals surface area contributed by atoms with Gasteiger partial charge in [-0.2, -0.15) is 5.26 Å². The molecular weight excluding hydrogens is 462 g/mol. The summed E-state index contributed by atoms with van der Waals surface area (Å²) in [6.45, 7) is 3.87. The Morgan fingerprint density at radius 1 is 1.26 bits per heavy atom. The van der Waals surface area contributed by atoms with Crippen LogP contribution in [0.2, 0.25) is 0 Å². The Balaban J connectivity index is 1.85. The predicted octanol–water partition coefficient (Wildman–Crippen LogP) is 4.21. The van der Waals surface area contributed by atoms with Gasteiger partial charge in [-0.3, -0.25) is 9.59 Å². The van der Waals surface area contributed by atoms with Crippen molar-refractivity contribution >= 4 is 21.8 Å². The lowest BCUT2D eigenvalue weighted by molar-refractivity contribution is -0.124. The smallest absolute Gasteiger partial charge is 0.266 e. The monoisotopic (exact) mass is 487 g/mol. The van der Waals surface area contributed by atoms with Gasteiger partial charge in [0.15, 0.2) is 18.1 Å². The number of ether oxygens (including phenoxy) is 2. The van der Waals surface area contributed by atoms with Gasteiger partial charge in [-0.15, -0.1) is 0 Å². The molecule has 0 spiro atoms. The molecule has 0 bridgehead atoms. The maximum atomic E-state index is 12.3. The zero-order valence-electron chi connectivity index (χ0n) is 17.7. The van der Waals surface area contributed by atoms with Gasteiger partial charge >= 0.3 is 0 Å². The molecule has 1 aromatic carbocycles. The first-order valence-electron chi connectivity index (χ1n) is 10.5. The van der Waals surface area contributed by atoms with Gasteiger partial charge in [0.2, 0.25) is 0 Å². The number of nitriles is 1. The van der Waals surface area contributed by atoms with E-state index in [0.29, 0.717) is 39.4 Å². The van der Waals surface area contributed by atoms with E-state index in [1.807, 2.05) is 13.0 Å². The molecule has 8 heteroatoms. The van der Waals surface area contributed by atoms with Crippen LogP contribution < -0.4 is 20.3 Å². The highest BCUT2D eigenvalue weighted by Crippen LogP contribution is 2.40. The number of aryl methyl sites for hydroxylation is 1. The zero-order valence-corrected chi connectivity index (χ0v) is 19.3. The molecule has 1 aromatic heterocycles. The number of aromatic nitrogens is 1. The molecule has 2 N–H and O–H groups in total. The number of nitrogens with one attached hydrogen (secondary N) is 2. The molecule has 0 unspecified atom stereocenters. The molecule has 1 fully saturated rings. The number of H-pyrrole nitrogens is 1. The number of rotatable bonds is 7. The minimum absolute atomic E-state index is 0.0282. The minimum atomic E-state index is -0.439. The van der Waals surface area contributed by atoms with Crippen LogP contribution in [-0.2, 0) is 4.79 Å². The molecule has 164 valence electrons. The summed E-state index contributed by atoms with van der Waals surface area (Å²) in [4.78, 5) is 27.2. The number of aromatic amines is 1. The molecule has 1 aliphatic rings. The number of carbonyl (C=O) groups is 1. The number of amides is 1. The predicted molar refractivity (Wildman–Crippen MR) is 121 cm³/mol. The van der Waals surface area contributed by atoms with Gasteiger partial charge in [0.25, 0.3) is 11.5 Å². The highest BCUT2D eigenvalue weighted by molar-refractivity contribution is 9.10. The summed E-state index contributed by atoms with van der Waals surface area (Å²) >= 11 is 3.49. The van der Waals surface area contributed by atoms with E-state index in [1.54, 1.807) is 25.1 Å². The molecule has 0 atom stereocenters. The third-order valence-electron chi connectivity index (χ3n) is 5.22. The Morgan fingerprint density at radius 3 is 2.68 bits per heavy atom. The average Bonchev–Trinajstić information content (AvgIpc) is 2.73. The van der Waals surface area contributed by atoms with E-state index >= 15 is 0 Å². The molecule has 7 nitrogen and oxygen atoms in total. The van der Waals surface area contributed by atoms with Gasteiger partial charge in [0.1, 0.15) is 11.6 Å². The van der Waals surface area contributed by atoms with E-state index in [4.69, 9.17) is 9.47 Å². The van der Waals surface area contributed by atoms with Crippen molar-refractivity contribution in [1.29, 1.82) is 5.26 Å². The van der Waals surface area contributed by atoms with Gasteiger partial charge in [0.05, 0.1) is 11.1 Å². The maximum Gasteiger partial charge on any atom is 0.266 e. The number of hydrogen-bond donors (Lipinski definition) is 2. The molecule has 0 radical (unpaired) electrons. The number of benzene rings is 1. The molecule has 2 aromatic rings. The van der Waals surface area contributed by atoms with E-state index < -0.39 is 5.56 Å². The van der Waals surface area contributed by atoms with Gasteiger partial charge in [-0.1, -0.05) is 19.3 Å². The van der Waals surface area contributed by atoms with Crippen LogP contribution >= 0.6 is 15.9 Å². The number of hydrogen-bond acceptors (Lipinski definition) is 5. The third kappa shape index (κ3) is 5.67. The van der Waals surface area contributed by atoms with Crippen LogP contribution in [0.3, 0.4) is 0 Å². The van der Waals surface area contributed by atoms with Gasteiger partial charge in [-0.05, 0) is 66.4 Å². The van der Waals surface area contributed by atoms with Crippen molar-refractivity contribution in [2.24, 2.45) is 0 Å². The fourth-order valence-corrected chi connectivity index (χ4v) is 4.36. The number of pyridine rings is 1. The van der Waals surface area contributed by atoms with E-state index in [1.165, 1.54) is 6.42 Å². The Labute approximate surface area is 189 Å². The Bertz CT molecular complexity index is 1050. The molecule has 31 heavy (non-hydrogen) atoms. The fourth-order valence-electron chi connectivity index (χ4n) is 3.81. The van der Waals surface area contributed by atoms with E-state index in [9.17, 15) is 14.9 Å². The largest absolute Gasteiger partial charge is 0.490 e. The van der Waals surface area contributed by atoms with Crippen LogP contribution in [0.15, 0.2) is 27.5 Å². The highest BCUT2D eigenvalue weighted by atomic mass is 79.9. The number of carbonyl (C=O) groups excluding carboxylic acids is 1. The Morgan fingerprint density at radius 2 is 2.00 bits per heavy atom. The molecule has 0 saturated heterocycles. The highest BCUT2D eigenvalue weighted by Gasteiger charge is 2.19. The summed E-state index contributed by atoms with van der Waals surface area (Å²) in [6, 6.07) is 7.41. The van der Waals surface area contributed by atoms with Gasteiger partial charge < -0.3 is 19.8 Å². The second-order valence-electron chi connectivity index (χ2n) is 7.59. The van der Waals surface area contributed by atoms with Crippen molar-refractivity contribution in [1.82, 2.24) is 10.3 Å². The standard InChI is InChI=1S/C23H26BrN3O4/c1-3-30-20-11-15(17-9-14(2)26-23(29)18(17)12-25)10-19(24)22(20)31-13-21(28)27-16-7-5-4-6-8-16/h9-11,16H,3-8,13H2,1-2H3,(H,26,29)(H,27,28). The summed E-state index contributed by atoms with van der Waals surface area (Å²) < 4.78 is 12.1. The first-order chi connectivity index (χ1) is 14.9. The quantitative estimate of drug-likeness (QED) is 0.608. The lowest BCUT2D eigenvalue weighted by Gasteiger charge is -2.23. The van der Waals surface area contributed by atoms with E-state index in [0.717, 1.165) is 25.7 Å². The molecule has 3 rings (SSSR count). The second kappa shape index (κ2) is 10.5. The van der Waals surface area contributed by atoms with Crippen LogP contribution in [0.4, 0.5) is 0 Å². The van der Waals surface area contributed by atoms with Crippen molar-refractivity contribution in [2.45, 2.75) is 52.0 Å². The van der Waals surface area contributed by atoms with Gasteiger partial charge in [-0.25, -0.2) is 0 Å². The molecule has 1 saturated carbocycles. The summed E-state index contributed by atoms with van der Waals surface area (Å²) in [7, 11) is 0. The van der Waals surface area contributed by atoms with Crippen molar-refractivity contribution in [3.63, 3.8) is 0 Å². The molecule has 1 heterocycles. The van der Waals surface area contributed by atoms with Crippen LogP contribution in [0, 0.1) is 18.3 Å². The second-order valence-corrected chi connectivity index (χ2v) is 8.45. The first-order valence-corrected chi connectivity index (χ1v) is 11.2. The summed E-state index contributed by atoms with van der Waals surface area (Å²) in [5.41, 5.74) is 1.38. The molecule has 1 aliphatic carbocycles. The van der Waals surface area contributed by atoms with E-state index in [2.05, 4.69) is 26.2 Å². The summed E-state index contributed by atoms with van der Waals surface area (Å²) in [6.07, 6.45) is 5.51. The zero-order chi connectivity index (χ0) is 22.4. The van der Waals surface area contributed by atoms with E-state index in [-0.39, 0.29) is 24.1 Å². The molecule has 0 aliphatic heterocycles. The number of halogens is 1. The molecule has 1 amide bonds. The minimum Gasteiger partial charge on any atom is -0.490 e. The first kappa shape index (κ1) is 22.9. The maximum absolute atomic E-state index is 12.3. The lowest BCUT2D eigenvalue weighted by Crippen LogP contribution is -2.39. The Hall–Kier alpha value is -2.79. The average molecular weight is 488 g/mol. The SMILES string of the molecule is CCOc1cc(-c2cc(C)[nH]c(=O)c2C#N)cc(Br)c1OCC(=O)NC1CCCCC1. The summed E-state index contributed by atoms with van der Waals surface area (Å²) in [5.74, 6) is 0.672. The molecular formula is C23H26BrN3O4. The lowest BCUT2D eigenvalue weighted by atomic mass is 9.95. The third-order valence-corrected chi connectivity index (χ3v) is 5.81. The van der Waals surface area contributed by atoms with Crippen LogP contribution in [-0.4, -0.2) is 30.1 Å². The van der Waals surface area contributed by atoms with Crippen LogP contribution in [0.25, 0.3) is 11.1 Å². The van der Waals surface area contributed by atoms with Crippen molar-refractivity contribution in [3.8, 4) is 28.7 Å². The van der Waals surface area contributed by atoms with Crippen molar-refractivity contribution in [3.05, 3.63) is 44.3 Å². The van der Waals surface area contributed by atoms with Gasteiger partial charge in [0, 0.05) is 17.3 Å².